The SMILES string of the molecule is Nc1ccc(Br)cc1NCC1CCCS1(=O)=O. The number of anilines is 2. The summed E-state index contributed by atoms with van der Waals surface area (Å²) < 4.78 is 24.2. The third-order valence-corrected chi connectivity index (χ3v) is 5.77. The third-order valence-electron chi connectivity index (χ3n) is 3.00. The van der Waals surface area contributed by atoms with Crippen LogP contribution in [0.2, 0.25) is 0 Å². The van der Waals surface area contributed by atoms with Gasteiger partial charge in [-0.3, -0.25) is 0 Å². The summed E-state index contributed by atoms with van der Waals surface area (Å²) >= 11 is 3.36. The normalized spacial score (nSPS) is 22.5. The highest BCUT2D eigenvalue weighted by Crippen LogP contribution is 2.25. The van der Waals surface area contributed by atoms with Gasteiger partial charge in [0, 0.05) is 11.0 Å². The zero-order valence-electron chi connectivity index (χ0n) is 9.32. The number of halogens is 1. The van der Waals surface area contributed by atoms with Crippen LogP contribution in [-0.2, 0) is 9.84 Å². The molecule has 0 aliphatic carbocycles. The van der Waals surface area contributed by atoms with E-state index in [0.29, 0.717) is 18.0 Å². The average molecular weight is 319 g/mol. The monoisotopic (exact) mass is 318 g/mol. The number of nitrogens with one attached hydrogen (secondary N) is 1. The van der Waals surface area contributed by atoms with Crippen LogP contribution in [0, 0.1) is 0 Å². The number of nitrogens with two attached hydrogens (primary N) is 1. The van der Waals surface area contributed by atoms with Crippen molar-refractivity contribution in [2.24, 2.45) is 0 Å². The molecule has 1 fully saturated rings. The van der Waals surface area contributed by atoms with Crippen LogP contribution in [-0.4, -0.2) is 26.0 Å². The molecule has 6 heteroatoms. The Balaban J connectivity index is 2.05. The summed E-state index contributed by atoms with van der Waals surface area (Å²) in [7, 11) is -2.90. The van der Waals surface area contributed by atoms with Crippen LogP contribution in [0.3, 0.4) is 0 Å². The topological polar surface area (TPSA) is 72.2 Å². The number of nitrogen functional groups attached to an aromatic ring is 1. The van der Waals surface area contributed by atoms with Crippen LogP contribution in [0.25, 0.3) is 0 Å². The highest BCUT2D eigenvalue weighted by atomic mass is 79.9. The van der Waals surface area contributed by atoms with Gasteiger partial charge in [0.25, 0.3) is 0 Å². The molecule has 94 valence electrons. The van der Waals surface area contributed by atoms with E-state index in [0.717, 1.165) is 23.0 Å². The maximum absolute atomic E-state index is 11.7. The van der Waals surface area contributed by atoms with E-state index in [9.17, 15) is 8.42 Å². The van der Waals surface area contributed by atoms with Crippen molar-refractivity contribution >= 4 is 37.1 Å². The molecular weight excluding hydrogens is 304 g/mol. The Bertz CT molecular complexity index is 516. The van der Waals surface area contributed by atoms with Crippen molar-refractivity contribution in [2.75, 3.05) is 23.3 Å². The molecule has 0 amide bonds. The van der Waals surface area contributed by atoms with Crippen molar-refractivity contribution < 1.29 is 8.42 Å². The number of benzene rings is 1. The molecule has 17 heavy (non-hydrogen) atoms. The Morgan fingerprint density at radius 2 is 2.24 bits per heavy atom. The lowest BCUT2D eigenvalue weighted by Crippen LogP contribution is -2.25. The first-order valence-corrected chi connectivity index (χ1v) is 8.00. The standard InChI is InChI=1S/C11H15BrN2O2S/c12-8-3-4-10(13)11(6-8)14-7-9-2-1-5-17(9,15)16/h3-4,6,9,14H,1-2,5,7,13H2. The zero-order chi connectivity index (χ0) is 12.5. The lowest BCUT2D eigenvalue weighted by molar-refractivity contribution is 0.591. The van der Waals surface area contributed by atoms with Gasteiger partial charge in [0.05, 0.1) is 22.4 Å². The fourth-order valence-electron chi connectivity index (χ4n) is 1.99. The van der Waals surface area contributed by atoms with Crippen molar-refractivity contribution in [3.8, 4) is 0 Å². The van der Waals surface area contributed by atoms with E-state index in [-0.39, 0.29) is 5.25 Å². The molecule has 1 saturated heterocycles. The minimum Gasteiger partial charge on any atom is -0.397 e. The Morgan fingerprint density at radius 1 is 1.47 bits per heavy atom. The molecule has 2 rings (SSSR count). The van der Waals surface area contributed by atoms with Crippen molar-refractivity contribution in [3.05, 3.63) is 22.7 Å². The smallest absolute Gasteiger partial charge is 0.154 e. The summed E-state index contributed by atoms with van der Waals surface area (Å²) in [6.45, 7) is 0.434. The number of hydrogen-bond donors (Lipinski definition) is 2. The second-order valence-electron chi connectivity index (χ2n) is 4.24. The van der Waals surface area contributed by atoms with Crippen LogP contribution in [0.4, 0.5) is 11.4 Å². The van der Waals surface area contributed by atoms with E-state index in [1.807, 2.05) is 12.1 Å². The summed E-state index contributed by atoms with van der Waals surface area (Å²) in [5.74, 6) is 0.313. The highest BCUT2D eigenvalue weighted by Gasteiger charge is 2.30. The molecule has 3 N–H and O–H groups in total. The molecule has 4 nitrogen and oxygen atoms in total. The maximum atomic E-state index is 11.7. The minimum absolute atomic E-state index is 0.277. The van der Waals surface area contributed by atoms with Crippen LogP contribution >= 0.6 is 15.9 Å². The van der Waals surface area contributed by atoms with Crippen molar-refractivity contribution in [2.45, 2.75) is 18.1 Å². The lowest BCUT2D eigenvalue weighted by Gasteiger charge is -2.13. The Labute approximate surface area is 110 Å². The molecule has 0 aromatic heterocycles. The van der Waals surface area contributed by atoms with E-state index < -0.39 is 9.84 Å². The van der Waals surface area contributed by atoms with E-state index >= 15 is 0 Å². The molecule has 1 aromatic carbocycles. The molecule has 1 aromatic rings. The van der Waals surface area contributed by atoms with E-state index in [2.05, 4.69) is 21.2 Å². The van der Waals surface area contributed by atoms with Crippen molar-refractivity contribution in [1.82, 2.24) is 0 Å². The Morgan fingerprint density at radius 3 is 2.88 bits per heavy atom. The first-order valence-electron chi connectivity index (χ1n) is 5.49. The Kier molecular flexibility index (Phi) is 3.63. The van der Waals surface area contributed by atoms with Crippen LogP contribution < -0.4 is 11.1 Å². The quantitative estimate of drug-likeness (QED) is 0.836. The summed E-state index contributed by atoms with van der Waals surface area (Å²) in [6.07, 6.45) is 1.51. The molecule has 1 aliphatic rings. The molecule has 1 unspecified atom stereocenters. The van der Waals surface area contributed by atoms with Gasteiger partial charge < -0.3 is 11.1 Å². The summed E-state index contributed by atoms with van der Waals surface area (Å²) in [5, 5.41) is 2.84. The predicted octanol–water partition coefficient (Wildman–Crippen LogP) is 2.02. The van der Waals surface area contributed by atoms with E-state index in [4.69, 9.17) is 5.73 Å². The number of sulfone groups is 1. The van der Waals surface area contributed by atoms with Gasteiger partial charge in [-0.15, -0.1) is 0 Å². The summed E-state index contributed by atoms with van der Waals surface area (Å²) in [6, 6.07) is 5.50. The number of rotatable bonds is 3. The summed E-state index contributed by atoms with van der Waals surface area (Å²) in [5.41, 5.74) is 7.22. The van der Waals surface area contributed by atoms with Gasteiger partial charge in [-0.2, -0.15) is 0 Å². The van der Waals surface area contributed by atoms with Gasteiger partial charge in [-0.25, -0.2) is 8.42 Å². The van der Waals surface area contributed by atoms with Gasteiger partial charge >= 0.3 is 0 Å². The molecule has 1 atom stereocenters. The second-order valence-corrected chi connectivity index (χ2v) is 7.56. The molecule has 1 heterocycles. The minimum atomic E-state index is -2.90. The molecule has 0 spiro atoms. The van der Waals surface area contributed by atoms with Crippen LogP contribution in [0.1, 0.15) is 12.8 Å². The first kappa shape index (κ1) is 12.7. The third kappa shape index (κ3) is 2.93. The fraction of sp³-hybridized carbons (Fsp3) is 0.455. The van der Waals surface area contributed by atoms with Crippen LogP contribution in [0.5, 0.6) is 0 Å². The molecular formula is C11H15BrN2O2S. The molecule has 0 radical (unpaired) electrons. The van der Waals surface area contributed by atoms with Gasteiger partial charge in [-0.05, 0) is 31.0 Å². The van der Waals surface area contributed by atoms with E-state index in [1.54, 1.807) is 6.07 Å². The Hall–Kier alpha value is -0.750. The molecule has 0 bridgehead atoms. The second kappa shape index (κ2) is 4.86. The van der Waals surface area contributed by atoms with E-state index in [1.165, 1.54) is 0 Å². The van der Waals surface area contributed by atoms with Gasteiger partial charge in [0.1, 0.15) is 0 Å². The zero-order valence-corrected chi connectivity index (χ0v) is 11.7. The average Bonchev–Trinajstić information content (AvgIpc) is 2.59. The van der Waals surface area contributed by atoms with Crippen LogP contribution in [0.15, 0.2) is 22.7 Å². The number of hydrogen-bond acceptors (Lipinski definition) is 4. The van der Waals surface area contributed by atoms with Gasteiger partial charge in [-0.1, -0.05) is 15.9 Å². The largest absolute Gasteiger partial charge is 0.397 e. The predicted molar refractivity (Wildman–Crippen MR) is 73.9 cm³/mol. The van der Waals surface area contributed by atoms with Crippen molar-refractivity contribution in [1.29, 1.82) is 0 Å². The van der Waals surface area contributed by atoms with Gasteiger partial charge in [0.15, 0.2) is 9.84 Å². The highest BCUT2D eigenvalue weighted by molar-refractivity contribution is 9.10. The van der Waals surface area contributed by atoms with Crippen molar-refractivity contribution in [3.63, 3.8) is 0 Å². The molecule has 1 aliphatic heterocycles. The summed E-state index contributed by atoms with van der Waals surface area (Å²) in [4.78, 5) is 0. The molecule has 0 saturated carbocycles. The van der Waals surface area contributed by atoms with Gasteiger partial charge in [0.2, 0.25) is 0 Å². The first-order chi connectivity index (χ1) is 7.99. The fourth-order valence-corrected chi connectivity index (χ4v) is 4.12. The maximum Gasteiger partial charge on any atom is 0.154 e. The lowest BCUT2D eigenvalue weighted by atomic mass is 10.2.